The molecule has 1 saturated carbocycles. The second-order valence-electron chi connectivity index (χ2n) is 8.83. The molecular weight excluding hydrogens is 256 g/mol. The molecule has 0 amide bonds. The van der Waals surface area contributed by atoms with Crippen molar-refractivity contribution in [1.29, 1.82) is 0 Å². The maximum atomic E-state index is 9.82. The normalized spacial score (nSPS) is 42.2. The van der Waals surface area contributed by atoms with Gasteiger partial charge in [0.15, 0.2) is 0 Å². The summed E-state index contributed by atoms with van der Waals surface area (Å²) in [6, 6.07) is 0. The summed E-state index contributed by atoms with van der Waals surface area (Å²) in [6.07, 6.45) is 12.1. The predicted octanol–water partition coefficient (Wildman–Crippen LogP) is 5.26. The number of rotatable bonds is 2. The molecule has 1 heteroatoms. The molecule has 0 aromatic rings. The van der Waals surface area contributed by atoms with Crippen LogP contribution in [0.25, 0.3) is 0 Å². The van der Waals surface area contributed by atoms with Crippen molar-refractivity contribution in [3.8, 4) is 0 Å². The smallest absolute Gasteiger partial charge is 0.0525 e. The molecule has 3 aliphatic carbocycles. The molecule has 1 N–H and O–H groups in total. The third-order valence-corrected chi connectivity index (χ3v) is 7.27. The van der Waals surface area contributed by atoms with Crippen molar-refractivity contribution in [3.63, 3.8) is 0 Å². The van der Waals surface area contributed by atoms with E-state index in [0.29, 0.717) is 10.8 Å². The first-order chi connectivity index (χ1) is 9.87. The van der Waals surface area contributed by atoms with E-state index in [0.717, 1.165) is 18.8 Å². The molecule has 118 valence electrons. The maximum Gasteiger partial charge on any atom is 0.0525 e. The minimum absolute atomic E-state index is 0.0355. The molecule has 3 rings (SSSR count). The van der Waals surface area contributed by atoms with Gasteiger partial charge in [-0.1, -0.05) is 44.4 Å². The van der Waals surface area contributed by atoms with Gasteiger partial charge in [-0.15, -0.1) is 6.58 Å². The molecule has 3 unspecified atom stereocenters. The molecule has 0 spiro atoms. The van der Waals surface area contributed by atoms with E-state index in [1.807, 2.05) is 6.08 Å². The summed E-state index contributed by atoms with van der Waals surface area (Å²) in [5.74, 6) is 0.850. The summed E-state index contributed by atoms with van der Waals surface area (Å²) in [7, 11) is 0. The van der Waals surface area contributed by atoms with Gasteiger partial charge in [0.1, 0.15) is 0 Å². The predicted molar refractivity (Wildman–Crippen MR) is 89.1 cm³/mol. The largest absolute Gasteiger partial charge is 0.395 e. The lowest BCUT2D eigenvalue weighted by Crippen LogP contribution is -2.47. The Morgan fingerprint density at radius 3 is 2.62 bits per heavy atom. The molecule has 3 atom stereocenters. The summed E-state index contributed by atoms with van der Waals surface area (Å²) in [5.41, 5.74) is 4.34. The number of allylic oxidation sites excluding steroid dienone is 2. The van der Waals surface area contributed by atoms with Crippen molar-refractivity contribution in [2.45, 2.75) is 72.1 Å². The Labute approximate surface area is 130 Å². The van der Waals surface area contributed by atoms with E-state index in [1.54, 1.807) is 11.1 Å². The highest BCUT2D eigenvalue weighted by Crippen LogP contribution is 2.62. The standard InChI is InChI=1S/C20H32O/c1-5-20(14-21)12-9-16-15(13-20)7-8-17-18(2,3)10-6-11-19(16,17)4/h5,17,21H,1,6-14H2,2-4H3. The SMILES string of the molecule is C=CC1(CO)CCC2=C(CCC3C(C)(C)CCCC23C)C1. The highest BCUT2D eigenvalue weighted by molar-refractivity contribution is 5.32. The van der Waals surface area contributed by atoms with Gasteiger partial charge in [0.25, 0.3) is 0 Å². The van der Waals surface area contributed by atoms with Gasteiger partial charge in [0, 0.05) is 5.41 Å². The summed E-state index contributed by atoms with van der Waals surface area (Å²) >= 11 is 0. The first kappa shape index (κ1) is 15.3. The Morgan fingerprint density at radius 2 is 1.95 bits per heavy atom. The number of hydrogen-bond acceptors (Lipinski definition) is 1. The summed E-state index contributed by atoms with van der Waals surface area (Å²) < 4.78 is 0. The van der Waals surface area contributed by atoms with Crippen LogP contribution in [0.5, 0.6) is 0 Å². The maximum absolute atomic E-state index is 9.82. The molecule has 0 aliphatic heterocycles. The molecule has 0 bridgehead atoms. The number of aliphatic hydroxyl groups is 1. The number of hydrogen-bond donors (Lipinski definition) is 1. The summed E-state index contributed by atoms with van der Waals surface area (Å²) in [6.45, 7) is 11.8. The van der Waals surface area contributed by atoms with Gasteiger partial charge in [-0.05, 0) is 61.7 Å². The Morgan fingerprint density at radius 1 is 1.19 bits per heavy atom. The van der Waals surface area contributed by atoms with E-state index in [-0.39, 0.29) is 12.0 Å². The quantitative estimate of drug-likeness (QED) is 0.687. The minimum atomic E-state index is -0.0355. The van der Waals surface area contributed by atoms with Gasteiger partial charge in [-0.2, -0.15) is 0 Å². The van der Waals surface area contributed by atoms with Gasteiger partial charge < -0.3 is 5.11 Å². The molecule has 1 fully saturated rings. The Bertz CT molecular complexity index is 472. The summed E-state index contributed by atoms with van der Waals surface area (Å²) in [5, 5.41) is 9.82. The van der Waals surface area contributed by atoms with Crippen LogP contribution in [0.3, 0.4) is 0 Å². The lowest BCUT2D eigenvalue weighted by atomic mass is 9.48. The fraction of sp³-hybridized carbons (Fsp3) is 0.800. The lowest BCUT2D eigenvalue weighted by molar-refractivity contribution is 0.00337. The Hall–Kier alpha value is -0.560. The third-order valence-electron chi connectivity index (χ3n) is 7.27. The van der Waals surface area contributed by atoms with Gasteiger partial charge in [-0.3, -0.25) is 0 Å². The minimum Gasteiger partial charge on any atom is -0.395 e. The van der Waals surface area contributed by atoms with E-state index in [1.165, 1.54) is 38.5 Å². The molecule has 3 aliphatic rings. The van der Waals surface area contributed by atoms with Crippen LogP contribution in [0.2, 0.25) is 0 Å². The van der Waals surface area contributed by atoms with Crippen LogP contribution in [0.1, 0.15) is 72.1 Å². The molecule has 0 heterocycles. The van der Waals surface area contributed by atoms with Gasteiger partial charge in [0.2, 0.25) is 0 Å². The first-order valence-corrected chi connectivity index (χ1v) is 8.83. The molecule has 0 saturated heterocycles. The second kappa shape index (κ2) is 4.98. The van der Waals surface area contributed by atoms with Gasteiger partial charge in [-0.25, -0.2) is 0 Å². The topological polar surface area (TPSA) is 20.2 Å². The van der Waals surface area contributed by atoms with Crippen molar-refractivity contribution in [3.05, 3.63) is 23.8 Å². The lowest BCUT2D eigenvalue weighted by Gasteiger charge is -2.57. The van der Waals surface area contributed by atoms with Crippen LogP contribution in [0.4, 0.5) is 0 Å². The van der Waals surface area contributed by atoms with Gasteiger partial charge >= 0.3 is 0 Å². The zero-order valence-electron chi connectivity index (χ0n) is 14.2. The molecule has 0 aromatic carbocycles. The van der Waals surface area contributed by atoms with Crippen molar-refractivity contribution >= 4 is 0 Å². The average molecular weight is 288 g/mol. The highest BCUT2D eigenvalue weighted by Gasteiger charge is 2.52. The average Bonchev–Trinajstić information content (AvgIpc) is 2.45. The molecule has 0 aromatic heterocycles. The van der Waals surface area contributed by atoms with Crippen molar-refractivity contribution in [2.24, 2.45) is 22.2 Å². The van der Waals surface area contributed by atoms with E-state index >= 15 is 0 Å². The van der Waals surface area contributed by atoms with Gasteiger partial charge in [0.05, 0.1) is 6.61 Å². The fourth-order valence-corrected chi connectivity index (χ4v) is 5.98. The van der Waals surface area contributed by atoms with Crippen LogP contribution in [0.15, 0.2) is 23.8 Å². The monoisotopic (exact) mass is 288 g/mol. The van der Waals surface area contributed by atoms with E-state index in [4.69, 9.17) is 0 Å². The van der Waals surface area contributed by atoms with E-state index in [9.17, 15) is 5.11 Å². The van der Waals surface area contributed by atoms with Crippen molar-refractivity contribution in [2.75, 3.05) is 6.61 Å². The molecule has 1 nitrogen and oxygen atoms in total. The summed E-state index contributed by atoms with van der Waals surface area (Å²) in [4.78, 5) is 0. The fourth-order valence-electron chi connectivity index (χ4n) is 5.98. The number of aliphatic hydroxyl groups excluding tert-OH is 1. The van der Waals surface area contributed by atoms with Crippen LogP contribution in [0, 0.1) is 22.2 Å². The van der Waals surface area contributed by atoms with Crippen molar-refractivity contribution < 1.29 is 5.11 Å². The Kier molecular flexibility index (Phi) is 3.64. The molecule has 0 radical (unpaired) electrons. The first-order valence-electron chi connectivity index (χ1n) is 8.83. The van der Waals surface area contributed by atoms with Crippen LogP contribution in [-0.4, -0.2) is 11.7 Å². The van der Waals surface area contributed by atoms with Crippen LogP contribution in [-0.2, 0) is 0 Å². The van der Waals surface area contributed by atoms with Crippen LogP contribution >= 0.6 is 0 Å². The molecule has 21 heavy (non-hydrogen) atoms. The third kappa shape index (κ3) is 2.23. The van der Waals surface area contributed by atoms with Crippen molar-refractivity contribution in [1.82, 2.24) is 0 Å². The van der Waals surface area contributed by atoms with E-state index in [2.05, 4.69) is 27.4 Å². The second-order valence-corrected chi connectivity index (χ2v) is 8.83. The highest BCUT2D eigenvalue weighted by atomic mass is 16.3. The van der Waals surface area contributed by atoms with E-state index < -0.39 is 0 Å². The van der Waals surface area contributed by atoms with Crippen LogP contribution < -0.4 is 0 Å². The number of fused-ring (bicyclic) bond motifs is 2. The Balaban J connectivity index is 1.97. The zero-order valence-corrected chi connectivity index (χ0v) is 14.2. The zero-order chi connectivity index (χ0) is 15.3. The molecular formula is C20H32O.